The Morgan fingerprint density at radius 3 is 0.875 bits per heavy atom. The highest BCUT2D eigenvalue weighted by atomic mass is 15.4. The molecule has 0 amide bonds. The van der Waals surface area contributed by atoms with Crippen LogP contribution in [0.4, 0.5) is 0 Å². The predicted octanol–water partition coefficient (Wildman–Crippen LogP) is 13.2. The van der Waals surface area contributed by atoms with Crippen molar-refractivity contribution in [3.63, 3.8) is 0 Å². The summed E-state index contributed by atoms with van der Waals surface area (Å²) in [6.07, 6.45) is 48.4. The smallest absolute Gasteiger partial charge is 0.101 e. The van der Waals surface area contributed by atoms with E-state index in [2.05, 4.69) is 43.0 Å². The Morgan fingerprint density at radius 1 is 0.325 bits per heavy atom. The molecule has 2 nitrogen and oxygen atoms in total. The van der Waals surface area contributed by atoms with Crippen LogP contribution < -0.4 is 0 Å². The Bertz CT molecular complexity index is 488. The topological polar surface area (TPSA) is 6.48 Å². The molecule has 0 spiro atoms. The van der Waals surface area contributed by atoms with Gasteiger partial charge in [0.2, 0.25) is 0 Å². The van der Waals surface area contributed by atoms with E-state index in [1.807, 2.05) is 0 Å². The average molecular weight is 561 g/mol. The lowest BCUT2D eigenvalue weighted by Crippen LogP contribution is -2.39. The predicted molar refractivity (Wildman–Crippen MR) is 182 cm³/mol. The fourth-order valence-electron chi connectivity index (χ4n) is 6.54. The van der Waals surface area contributed by atoms with Gasteiger partial charge in [-0.3, -0.25) is 0 Å². The second kappa shape index (κ2) is 29.8. The van der Waals surface area contributed by atoms with Gasteiger partial charge in [0.05, 0.1) is 0 Å². The van der Waals surface area contributed by atoms with E-state index in [4.69, 9.17) is 0 Å². The molecular formula is C38H76N2. The summed E-state index contributed by atoms with van der Waals surface area (Å²) < 4.78 is 0. The van der Waals surface area contributed by atoms with Crippen LogP contribution in [-0.4, -0.2) is 29.1 Å². The molecule has 1 aliphatic heterocycles. The normalized spacial score (nSPS) is 13.8. The lowest BCUT2D eigenvalue weighted by Gasteiger charge is -2.33. The van der Waals surface area contributed by atoms with Crippen molar-refractivity contribution in [3.05, 3.63) is 12.4 Å². The van der Waals surface area contributed by atoms with E-state index in [0.717, 1.165) is 0 Å². The summed E-state index contributed by atoms with van der Waals surface area (Å²) in [6.45, 7) is 9.47. The Morgan fingerprint density at radius 2 is 0.575 bits per heavy atom. The maximum Gasteiger partial charge on any atom is 0.101 e. The maximum atomic E-state index is 2.71. The first-order chi connectivity index (χ1) is 19.8. The zero-order valence-electron chi connectivity index (χ0n) is 28.3. The van der Waals surface area contributed by atoms with E-state index in [-0.39, 0.29) is 0 Å². The van der Waals surface area contributed by atoms with E-state index in [0.29, 0.717) is 6.17 Å². The van der Waals surface area contributed by atoms with Crippen LogP contribution in [-0.2, 0) is 0 Å². The first-order valence-corrected chi connectivity index (χ1v) is 19.0. The van der Waals surface area contributed by atoms with E-state index in [9.17, 15) is 0 Å². The van der Waals surface area contributed by atoms with Gasteiger partial charge in [-0.1, -0.05) is 188 Å². The molecule has 0 bridgehead atoms. The number of hydrogen-bond donors (Lipinski definition) is 0. The molecule has 0 aliphatic carbocycles. The Hall–Kier alpha value is -0.660. The first kappa shape index (κ1) is 37.4. The van der Waals surface area contributed by atoms with Crippen molar-refractivity contribution in [2.75, 3.05) is 13.1 Å². The highest BCUT2D eigenvalue weighted by Gasteiger charge is 2.24. The van der Waals surface area contributed by atoms with E-state index < -0.39 is 0 Å². The molecule has 1 rings (SSSR count). The maximum absolute atomic E-state index is 2.71. The molecule has 0 aromatic rings. The minimum atomic E-state index is 0.641. The molecule has 0 aromatic heterocycles. The van der Waals surface area contributed by atoms with Gasteiger partial charge in [0.25, 0.3) is 0 Å². The van der Waals surface area contributed by atoms with Crippen LogP contribution >= 0.6 is 0 Å². The minimum Gasteiger partial charge on any atom is -0.356 e. The SMILES string of the molecule is CCCCCCCCCCCCCCCCCC1N(CCCCCCCCC)C=CN1CCCCCCCCC. The van der Waals surface area contributed by atoms with Gasteiger partial charge in [0, 0.05) is 25.5 Å². The summed E-state index contributed by atoms with van der Waals surface area (Å²) in [7, 11) is 0. The highest BCUT2D eigenvalue weighted by Crippen LogP contribution is 2.24. The van der Waals surface area contributed by atoms with E-state index in [1.165, 1.54) is 206 Å². The van der Waals surface area contributed by atoms with Crippen molar-refractivity contribution in [2.45, 2.75) is 220 Å². The minimum absolute atomic E-state index is 0.641. The fraction of sp³-hybridized carbons (Fsp3) is 0.947. The van der Waals surface area contributed by atoms with Gasteiger partial charge >= 0.3 is 0 Å². The Kier molecular flexibility index (Phi) is 27.9. The molecule has 0 saturated heterocycles. The molecule has 40 heavy (non-hydrogen) atoms. The largest absolute Gasteiger partial charge is 0.356 e. The third-order valence-corrected chi connectivity index (χ3v) is 9.32. The van der Waals surface area contributed by atoms with Crippen LogP contribution in [0.5, 0.6) is 0 Å². The van der Waals surface area contributed by atoms with E-state index >= 15 is 0 Å². The molecule has 0 atom stereocenters. The zero-order chi connectivity index (χ0) is 28.8. The molecule has 2 heteroatoms. The third kappa shape index (κ3) is 22.0. The summed E-state index contributed by atoms with van der Waals surface area (Å²) in [4.78, 5) is 5.41. The molecule has 1 heterocycles. The molecule has 1 aliphatic rings. The lowest BCUT2D eigenvalue weighted by molar-refractivity contribution is 0.135. The van der Waals surface area contributed by atoms with Crippen LogP contribution in [0, 0.1) is 0 Å². The van der Waals surface area contributed by atoms with Crippen molar-refractivity contribution in [1.82, 2.24) is 9.80 Å². The van der Waals surface area contributed by atoms with Gasteiger partial charge in [0.15, 0.2) is 0 Å². The van der Waals surface area contributed by atoms with E-state index in [1.54, 1.807) is 0 Å². The van der Waals surface area contributed by atoms with Crippen LogP contribution in [0.1, 0.15) is 213 Å². The van der Waals surface area contributed by atoms with Crippen molar-refractivity contribution in [2.24, 2.45) is 0 Å². The molecule has 0 N–H and O–H groups in total. The molecule has 0 aromatic carbocycles. The summed E-state index contributed by atoms with van der Waals surface area (Å²) >= 11 is 0. The van der Waals surface area contributed by atoms with Crippen LogP contribution in [0.15, 0.2) is 12.4 Å². The first-order valence-electron chi connectivity index (χ1n) is 19.0. The number of unbranched alkanes of at least 4 members (excludes halogenated alkanes) is 26. The zero-order valence-corrected chi connectivity index (χ0v) is 28.3. The van der Waals surface area contributed by atoms with Crippen LogP contribution in [0.2, 0.25) is 0 Å². The van der Waals surface area contributed by atoms with Crippen LogP contribution in [0.3, 0.4) is 0 Å². The fourth-order valence-corrected chi connectivity index (χ4v) is 6.54. The van der Waals surface area contributed by atoms with Gasteiger partial charge in [-0.2, -0.15) is 0 Å². The van der Waals surface area contributed by atoms with Crippen molar-refractivity contribution >= 4 is 0 Å². The third-order valence-electron chi connectivity index (χ3n) is 9.32. The Balaban J connectivity index is 2.17. The quantitative estimate of drug-likeness (QED) is 0.0755. The number of nitrogens with zero attached hydrogens (tertiary/aromatic N) is 2. The van der Waals surface area contributed by atoms with Gasteiger partial charge in [-0.15, -0.1) is 0 Å². The summed E-state index contributed by atoms with van der Waals surface area (Å²) in [5.74, 6) is 0. The molecule has 0 radical (unpaired) electrons. The van der Waals surface area contributed by atoms with Crippen molar-refractivity contribution in [3.8, 4) is 0 Å². The number of hydrogen-bond acceptors (Lipinski definition) is 2. The molecular weight excluding hydrogens is 484 g/mol. The highest BCUT2D eigenvalue weighted by molar-refractivity contribution is 4.97. The summed E-state index contributed by atoms with van der Waals surface area (Å²) in [5.41, 5.74) is 0. The molecule has 238 valence electrons. The lowest BCUT2D eigenvalue weighted by atomic mass is 10.0. The molecule has 0 saturated carbocycles. The van der Waals surface area contributed by atoms with Gasteiger partial charge in [-0.05, 0) is 25.7 Å². The van der Waals surface area contributed by atoms with Crippen molar-refractivity contribution in [1.29, 1.82) is 0 Å². The van der Waals surface area contributed by atoms with Crippen molar-refractivity contribution < 1.29 is 0 Å². The van der Waals surface area contributed by atoms with Crippen LogP contribution in [0.25, 0.3) is 0 Å². The van der Waals surface area contributed by atoms with Gasteiger partial charge in [-0.25, -0.2) is 0 Å². The van der Waals surface area contributed by atoms with Gasteiger partial charge in [0.1, 0.15) is 6.17 Å². The molecule has 0 fully saturated rings. The molecule has 0 unspecified atom stereocenters. The monoisotopic (exact) mass is 561 g/mol. The standard InChI is InChI=1S/C38H76N2/c1-4-7-10-13-16-17-18-19-20-21-22-23-24-27-30-33-38-39(34-31-28-25-14-11-8-5-2)36-37-40(38)35-32-29-26-15-12-9-6-3/h36-38H,4-35H2,1-3H3. The summed E-state index contributed by atoms with van der Waals surface area (Å²) in [6, 6.07) is 0. The summed E-state index contributed by atoms with van der Waals surface area (Å²) in [5, 5.41) is 0. The average Bonchev–Trinajstić information content (AvgIpc) is 3.35. The second-order valence-electron chi connectivity index (χ2n) is 13.2. The number of rotatable bonds is 32. The van der Waals surface area contributed by atoms with Gasteiger partial charge < -0.3 is 9.80 Å². The second-order valence-corrected chi connectivity index (χ2v) is 13.2. The Labute approximate surface area is 254 Å².